The Bertz CT molecular complexity index is 872. The molecule has 1 saturated heterocycles. The third-order valence-corrected chi connectivity index (χ3v) is 5.37. The highest BCUT2D eigenvalue weighted by atomic mass is 32.1. The third-order valence-electron chi connectivity index (χ3n) is 4.48. The number of hydrogen-bond donors (Lipinski definition) is 1. The lowest BCUT2D eigenvalue weighted by atomic mass is 10.1. The van der Waals surface area contributed by atoms with Crippen molar-refractivity contribution in [2.45, 2.75) is 6.42 Å². The standard InChI is InChI=1S/C18H19N5OS/c19-8-13-6-7-22(10-13)18(24)16-12-25-17(21-16)14-9-20-23(11-14)15-4-2-1-3-5-15/h1-5,9,11-13H,6-8,10,19H2. The average molecular weight is 353 g/mol. The fraction of sp³-hybridized carbons (Fsp3) is 0.278. The van der Waals surface area contributed by atoms with E-state index in [0.717, 1.165) is 35.8 Å². The molecule has 6 nitrogen and oxygen atoms in total. The number of nitrogens with two attached hydrogens (primary N) is 1. The summed E-state index contributed by atoms with van der Waals surface area (Å²) in [5.74, 6) is 0.403. The van der Waals surface area contributed by atoms with E-state index in [1.807, 2.05) is 51.5 Å². The number of likely N-dealkylation sites (tertiary alicyclic amines) is 1. The fourth-order valence-electron chi connectivity index (χ4n) is 3.03. The predicted octanol–water partition coefficient (Wildman–Crippen LogP) is 2.42. The van der Waals surface area contributed by atoms with E-state index in [2.05, 4.69) is 10.1 Å². The molecule has 0 spiro atoms. The van der Waals surface area contributed by atoms with Crippen molar-refractivity contribution in [2.24, 2.45) is 11.7 Å². The van der Waals surface area contributed by atoms with E-state index in [0.29, 0.717) is 18.2 Å². The summed E-state index contributed by atoms with van der Waals surface area (Å²) in [7, 11) is 0. The van der Waals surface area contributed by atoms with Crippen LogP contribution in [0.2, 0.25) is 0 Å². The molecular weight excluding hydrogens is 334 g/mol. The highest BCUT2D eigenvalue weighted by Gasteiger charge is 2.27. The largest absolute Gasteiger partial charge is 0.337 e. The van der Waals surface area contributed by atoms with Crippen LogP contribution in [0.15, 0.2) is 48.1 Å². The summed E-state index contributed by atoms with van der Waals surface area (Å²) in [6.45, 7) is 2.12. The molecule has 0 saturated carbocycles. The number of hydrogen-bond acceptors (Lipinski definition) is 5. The zero-order valence-corrected chi connectivity index (χ0v) is 14.5. The molecule has 1 amide bonds. The van der Waals surface area contributed by atoms with Gasteiger partial charge in [0.05, 0.1) is 11.9 Å². The lowest BCUT2D eigenvalue weighted by molar-refractivity contribution is 0.0783. The number of rotatable bonds is 4. The van der Waals surface area contributed by atoms with Crippen molar-refractivity contribution < 1.29 is 4.79 Å². The van der Waals surface area contributed by atoms with Crippen LogP contribution >= 0.6 is 11.3 Å². The maximum atomic E-state index is 12.6. The molecule has 3 aromatic rings. The summed E-state index contributed by atoms with van der Waals surface area (Å²) < 4.78 is 1.81. The second-order valence-electron chi connectivity index (χ2n) is 6.19. The number of aromatic nitrogens is 3. The zero-order valence-electron chi connectivity index (χ0n) is 13.7. The Morgan fingerprint density at radius 1 is 1.32 bits per heavy atom. The van der Waals surface area contributed by atoms with Crippen LogP contribution in [0.3, 0.4) is 0 Å². The lowest BCUT2D eigenvalue weighted by Crippen LogP contribution is -2.30. The molecule has 1 fully saturated rings. The quantitative estimate of drug-likeness (QED) is 0.781. The number of nitrogens with zero attached hydrogens (tertiary/aromatic N) is 4. The van der Waals surface area contributed by atoms with Gasteiger partial charge in [0, 0.05) is 30.2 Å². The van der Waals surface area contributed by atoms with E-state index in [9.17, 15) is 4.79 Å². The van der Waals surface area contributed by atoms with E-state index in [1.165, 1.54) is 11.3 Å². The highest BCUT2D eigenvalue weighted by molar-refractivity contribution is 7.13. The minimum absolute atomic E-state index is 0.00565. The van der Waals surface area contributed by atoms with Crippen molar-refractivity contribution in [3.63, 3.8) is 0 Å². The number of amides is 1. The smallest absolute Gasteiger partial charge is 0.273 e. The van der Waals surface area contributed by atoms with E-state index < -0.39 is 0 Å². The van der Waals surface area contributed by atoms with Crippen molar-refractivity contribution in [3.8, 4) is 16.3 Å². The summed E-state index contributed by atoms with van der Waals surface area (Å²) in [4.78, 5) is 19.0. The number of para-hydroxylation sites is 1. The molecule has 1 aliphatic rings. The lowest BCUT2D eigenvalue weighted by Gasteiger charge is -2.14. The van der Waals surface area contributed by atoms with Gasteiger partial charge in [0.1, 0.15) is 10.7 Å². The molecule has 2 aromatic heterocycles. The van der Waals surface area contributed by atoms with Crippen LogP contribution in [0.25, 0.3) is 16.3 Å². The first kappa shape index (κ1) is 16.0. The fourth-order valence-corrected chi connectivity index (χ4v) is 3.80. The number of carbonyl (C=O) groups is 1. The SMILES string of the molecule is NCC1CCN(C(=O)c2csc(-c3cnn(-c4ccccc4)c3)n2)C1. The van der Waals surface area contributed by atoms with E-state index in [4.69, 9.17) is 5.73 Å². The maximum absolute atomic E-state index is 12.6. The Hall–Kier alpha value is -2.51. The van der Waals surface area contributed by atoms with Gasteiger partial charge in [-0.3, -0.25) is 4.79 Å². The number of carbonyl (C=O) groups excluding carboxylic acids is 1. The predicted molar refractivity (Wildman–Crippen MR) is 97.7 cm³/mol. The zero-order chi connectivity index (χ0) is 17.2. The summed E-state index contributed by atoms with van der Waals surface area (Å²) in [5, 5.41) is 7.02. The Morgan fingerprint density at radius 3 is 2.92 bits per heavy atom. The second-order valence-corrected chi connectivity index (χ2v) is 7.05. The Morgan fingerprint density at radius 2 is 2.16 bits per heavy atom. The first-order chi connectivity index (χ1) is 12.2. The van der Waals surface area contributed by atoms with Gasteiger partial charge < -0.3 is 10.6 Å². The van der Waals surface area contributed by atoms with Crippen molar-refractivity contribution in [1.82, 2.24) is 19.7 Å². The van der Waals surface area contributed by atoms with Gasteiger partial charge in [-0.15, -0.1) is 11.3 Å². The van der Waals surface area contributed by atoms with Crippen LogP contribution < -0.4 is 5.73 Å². The average Bonchev–Trinajstić information content (AvgIpc) is 3.41. The first-order valence-electron chi connectivity index (χ1n) is 8.30. The van der Waals surface area contributed by atoms with Crippen molar-refractivity contribution in [3.05, 3.63) is 53.8 Å². The monoisotopic (exact) mass is 353 g/mol. The Kier molecular flexibility index (Phi) is 4.33. The van der Waals surface area contributed by atoms with Gasteiger partial charge in [0.2, 0.25) is 0 Å². The van der Waals surface area contributed by atoms with Gasteiger partial charge in [-0.2, -0.15) is 5.10 Å². The molecule has 128 valence electrons. The summed E-state index contributed by atoms with van der Waals surface area (Å²) in [5.41, 5.74) is 8.11. The third kappa shape index (κ3) is 3.20. The normalized spacial score (nSPS) is 17.2. The molecular formula is C18H19N5OS. The van der Waals surface area contributed by atoms with Crippen LogP contribution in [0.5, 0.6) is 0 Å². The molecule has 0 radical (unpaired) electrons. The van der Waals surface area contributed by atoms with Gasteiger partial charge in [-0.1, -0.05) is 18.2 Å². The van der Waals surface area contributed by atoms with Crippen LogP contribution in [0.4, 0.5) is 0 Å². The molecule has 1 aromatic carbocycles. The van der Waals surface area contributed by atoms with Gasteiger partial charge in [0.25, 0.3) is 5.91 Å². The molecule has 25 heavy (non-hydrogen) atoms. The summed E-state index contributed by atoms with van der Waals surface area (Å²) in [6.07, 6.45) is 4.69. The van der Waals surface area contributed by atoms with Crippen LogP contribution in [0, 0.1) is 5.92 Å². The number of benzene rings is 1. The van der Waals surface area contributed by atoms with Crippen LogP contribution in [-0.2, 0) is 0 Å². The number of thiazole rings is 1. The van der Waals surface area contributed by atoms with Crippen molar-refractivity contribution in [1.29, 1.82) is 0 Å². The van der Waals surface area contributed by atoms with E-state index in [-0.39, 0.29) is 5.91 Å². The highest BCUT2D eigenvalue weighted by Crippen LogP contribution is 2.26. The molecule has 0 aliphatic carbocycles. The van der Waals surface area contributed by atoms with E-state index in [1.54, 1.807) is 6.20 Å². The molecule has 1 atom stereocenters. The molecule has 0 bridgehead atoms. The van der Waals surface area contributed by atoms with Crippen molar-refractivity contribution in [2.75, 3.05) is 19.6 Å². The molecule has 3 heterocycles. The molecule has 7 heteroatoms. The minimum atomic E-state index is -0.00565. The van der Waals surface area contributed by atoms with E-state index >= 15 is 0 Å². The van der Waals surface area contributed by atoms with Crippen molar-refractivity contribution >= 4 is 17.2 Å². The minimum Gasteiger partial charge on any atom is -0.337 e. The molecule has 4 rings (SSSR count). The van der Waals surface area contributed by atoms with Crippen LogP contribution in [-0.4, -0.2) is 45.2 Å². The summed E-state index contributed by atoms with van der Waals surface area (Å²) in [6, 6.07) is 9.91. The Labute approximate surface area is 149 Å². The van der Waals surface area contributed by atoms with Gasteiger partial charge in [0.15, 0.2) is 0 Å². The summed E-state index contributed by atoms with van der Waals surface area (Å²) >= 11 is 1.47. The maximum Gasteiger partial charge on any atom is 0.273 e. The topological polar surface area (TPSA) is 77.0 Å². The molecule has 1 unspecified atom stereocenters. The van der Waals surface area contributed by atoms with Crippen LogP contribution in [0.1, 0.15) is 16.9 Å². The van der Waals surface area contributed by atoms with Gasteiger partial charge >= 0.3 is 0 Å². The van der Waals surface area contributed by atoms with Gasteiger partial charge in [-0.25, -0.2) is 9.67 Å². The molecule has 1 aliphatic heterocycles. The second kappa shape index (κ2) is 6.78. The Balaban J connectivity index is 1.52. The molecule has 2 N–H and O–H groups in total. The van der Waals surface area contributed by atoms with Gasteiger partial charge in [-0.05, 0) is 31.0 Å². The first-order valence-corrected chi connectivity index (χ1v) is 9.18.